The van der Waals surface area contributed by atoms with Crippen molar-refractivity contribution in [3.8, 4) is 11.5 Å². The number of rotatable bonds is 4. The minimum absolute atomic E-state index is 0.206. The summed E-state index contributed by atoms with van der Waals surface area (Å²) in [5, 5.41) is 13.4. The number of carbonyl (C=O) groups is 1. The van der Waals surface area contributed by atoms with E-state index < -0.39 is 6.10 Å². The van der Waals surface area contributed by atoms with Crippen molar-refractivity contribution in [2.24, 2.45) is 7.05 Å². The first-order valence-corrected chi connectivity index (χ1v) is 8.09. The van der Waals surface area contributed by atoms with Crippen LogP contribution in [-0.4, -0.2) is 41.4 Å². The number of hydrogen-bond acceptors (Lipinski definition) is 4. The number of carbonyl (C=O) groups excluding carboxylic acids is 1. The van der Waals surface area contributed by atoms with E-state index in [1.54, 1.807) is 31.3 Å². The molecule has 2 aromatic rings. The zero-order chi connectivity index (χ0) is 18.0. The highest BCUT2D eigenvalue weighted by Gasteiger charge is 2.31. The van der Waals surface area contributed by atoms with Gasteiger partial charge in [0.05, 0.1) is 27.3 Å². The summed E-state index contributed by atoms with van der Waals surface area (Å²) in [5.74, 6) is 1.24. The highest BCUT2D eigenvalue weighted by Crippen LogP contribution is 2.39. The van der Waals surface area contributed by atoms with Gasteiger partial charge < -0.3 is 29.4 Å². The van der Waals surface area contributed by atoms with Crippen LogP contribution in [0.25, 0.3) is 0 Å². The average Bonchev–Trinajstić information content (AvgIpc) is 3.03. The normalized spacial score (nSPS) is 16.3. The lowest BCUT2D eigenvalue weighted by Gasteiger charge is -2.34. The SMILES string of the molecule is COc1ccc(OC)c2c1CN(C(=O)NCc1ccn(C)c1)C[C@@H]2O. The van der Waals surface area contributed by atoms with Crippen molar-refractivity contribution in [3.05, 3.63) is 47.3 Å². The minimum atomic E-state index is -0.823. The standard InChI is InChI=1S/C18H23N3O4/c1-20-7-6-12(9-20)8-19-18(23)21-10-13-15(24-2)4-5-16(25-3)17(13)14(22)11-21/h4-7,9,14,22H,8,10-11H2,1-3H3,(H,19,23)/t14-/m0/s1. The molecule has 0 aliphatic carbocycles. The van der Waals surface area contributed by atoms with E-state index in [1.807, 2.05) is 30.1 Å². The lowest BCUT2D eigenvalue weighted by atomic mass is 9.95. The molecule has 134 valence electrons. The second-order valence-electron chi connectivity index (χ2n) is 6.10. The topological polar surface area (TPSA) is 76.0 Å². The first-order valence-electron chi connectivity index (χ1n) is 8.09. The van der Waals surface area contributed by atoms with Crippen molar-refractivity contribution < 1.29 is 19.4 Å². The van der Waals surface area contributed by atoms with Gasteiger partial charge in [0.25, 0.3) is 0 Å². The third-order valence-corrected chi connectivity index (χ3v) is 4.41. The number of benzene rings is 1. The van der Waals surface area contributed by atoms with Crippen LogP contribution in [0.5, 0.6) is 11.5 Å². The fourth-order valence-corrected chi connectivity index (χ4v) is 3.19. The Balaban J connectivity index is 1.77. The number of hydrogen-bond donors (Lipinski definition) is 2. The number of β-amino-alcohol motifs (C(OH)–C–C–N with tert-alkyl or cyclic N) is 1. The molecule has 0 unspecified atom stereocenters. The molecule has 7 heteroatoms. The van der Waals surface area contributed by atoms with Crippen molar-refractivity contribution in [2.75, 3.05) is 20.8 Å². The number of fused-ring (bicyclic) bond motifs is 1. The molecule has 0 saturated heterocycles. The molecule has 2 heterocycles. The third-order valence-electron chi connectivity index (χ3n) is 4.41. The summed E-state index contributed by atoms with van der Waals surface area (Å²) < 4.78 is 12.7. The van der Waals surface area contributed by atoms with Gasteiger partial charge in [-0.1, -0.05) is 0 Å². The molecule has 1 aliphatic heterocycles. The Hall–Kier alpha value is -2.67. The van der Waals surface area contributed by atoms with E-state index in [2.05, 4.69) is 5.32 Å². The van der Waals surface area contributed by atoms with Gasteiger partial charge in [0.15, 0.2) is 0 Å². The molecule has 1 aliphatic rings. The number of amides is 2. The number of methoxy groups -OCH3 is 2. The van der Waals surface area contributed by atoms with Gasteiger partial charge in [0.2, 0.25) is 0 Å². The highest BCUT2D eigenvalue weighted by molar-refractivity contribution is 5.75. The second kappa shape index (κ2) is 7.06. The number of nitrogens with one attached hydrogen (secondary N) is 1. The lowest BCUT2D eigenvalue weighted by Crippen LogP contribution is -2.44. The van der Waals surface area contributed by atoms with Gasteiger partial charge in [-0.25, -0.2) is 4.79 Å². The van der Waals surface area contributed by atoms with E-state index in [1.165, 1.54) is 0 Å². The fraction of sp³-hybridized carbons (Fsp3) is 0.389. The highest BCUT2D eigenvalue weighted by atomic mass is 16.5. The molecule has 1 atom stereocenters. The fourth-order valence-electron chi connectivity index (χ4n) is 3.19. The number of nitrogens with zero attached hydrogens (tertiary/aromatic N) is 2. The number of urea groups is 1. The predicted molar refractivity (Wildman–Crippen MR) is 92.6 cm³/mol. The van der Waals surface area contributed by atoms with Gasteiger partial charge in [-0.3, -0.25) is 0 Å². The first kappa shape index (κ1) is 17.2. The molecule has 0 radical (unpaired) electrons. The molecule has 0 saturated carbocycles. The molecule has 2 N–H and O–H groups in total. The Kier molecular flexibility index (Phi) is 4.85. The Morgan fingerprint density at radius 3 is 2.64 bits per heavy atom. The monoisotopic (exact) mass is 345 g/mol. The molecule has 7 nitrogen and oxygen atoms in total. The maximum Gasteiger partial charge on any atom is 0.318 e. The van der Waals surface area contributed by atoms with Gasteiger partial charge in [0.1, 0.15) is 17.6 Å². The summed E-state index contributed by atoms with van der Waals surface area (Å²) in [6.07, 6.45) is 3.06. The molecule has 0 bridgehead atoms. The van der Waals surface area contributed by atoms with Gasteiger partial charge >= 0.3 is 6.03 Å². The van der Waals surface area contributed by atoms with Crippen LogP contribution in [0, 0.1) is 0 Å². The number of aliphatic hydroxyl groups is 1. The van der Waals surface area contributed by atoms with E-state index in [0.717, 1.165) is 11.1 Å². The Morgan fingerprint density at radius 1 is 1.28 bits per heavy atom. The molecule has 1 aromatic heterocycles. The van der Waals surface area contributed by atoms with E-state index in [-0.39, 0.29) is 12.6 Å². The summed E-state index contributed by atoms with van der Waals surface area (Å²) in [4.78, 5) is 14.1. The van der Waals surface area contributed by atoms with E-state index >= 15 is 0 Å². The van der Waals surface area contributed by atoms with Crippen molar-refractivity contribution in [1.29, 1.82) is 0 Å². The van der Waals surface area contributed by atoms with Crippen molar-refractivity contribution in [3.63, 3.8) is 0 Å². The van der Waals surface area contributed by atoms with Crippen molar-refractivity contribution in [1.82, 2.24) is 14.8 Å². The quantitative estimate of drug-likeness (QED) is 0.886. The van der Waals surface area contributed by atoms with Crippen LogP contribution in [0.1, 0.15) is 22.8 Å². The zero-order valence-corrected chi connectivity index (χ0v) is 14.7. The molecular formula is C18H23N3O4. The summed E-state index contributed by atoms with van der Waals surface area (Å²) in [6, 6.07) is 5.29. The third kappa shape index (κ3) is 3.41. The molecule has 2 amide bonds. The van der Waals surface area contributed by atoms with E-state index in [0.29, 0.717) is 30.2 Å². The number of aryl methyl sites for hydroxylation is 1. The zero-order valence-electron chi connectivity index (χ0n) is 14.7. The minimum Gasteiger partial charge on any atom is -0.496 e. The number of ether oxygens (including phenoxy) is 2. The van der Waals surface area contributed by atoms with Gasteiger partial charge in [-0.15, -0.1) is 0 Å². The van der Waals surface area contributed by atoms with Crippen LogP contribution < -0.4 is 14.8 Å². The molecule has 0 spiro atoms. The van der Waals surface area contributed by atoms with Gasteiger partial charge in [0, 0.05) is 37.1 Å². The molecule has 25 heavy (non-hydrogen) atoms. The van der Waals surface area contributed by atoms with Gasteiger partial charge in [-0.05, 0) is 23.8 Å². The Bertz CT molecular complexity index is 772. The van der Waals surface area contributed by atoms with Crippen molar-refractivity contribution >= 4 is 6.03 Å². The van der Waals surface area contributed by atoms with Crippen LogP contribution in [0.2, 0.25) is 0 Å². The molecule has 0 fully saturated rings. The maximum atomic E-state index is 12.5. The summed E-state index contributed by atoms with van der Waals surface area (Å²) in [5.41, 5.74) is 2.48. The van der Waals surface area contributed by atoms with Crippen LogP contribution in [-0.2, 0) is 20.1 Å². The van der Waals surface area contributed by atoms with Crippen molar-refractivity contribution in [2.45, 2.75) is 19.2 Å². The predicted octanol–water partition coefficient (Wildman–Crippen LogP) is 1.80. The van der Waals surface area contributed by atoms with Crippen LogP contribution in [0.15, 0.2) is 30.6 Å². The average molecular weight is 345 g/mol. The van der Waals surface area contributed by atoms with Crippen LogP contribution >= 0.6 is 0 Å². The summed E-state index contributed by atoms with van der Waals surface area (Å²) >= 11 is 0. The van der Waals surface area contributed by atoms with E-state index in [9.17, 15) is 9.90 Å². The number of aliphatic hydroxyl groups excluding tert-OH is 1. The molecular weight excluding hydrogens is 322 g/mol. The molecule has 1 aromatic carbocycles. The number of aromatic nitrogens is 1. The summed E-state index contributed by atoms with van der Waals surface area (Å²) in [6.45, 7) is 0.999. The van der Waals surface area contributed by atoms with Crippen LogP contribution in [0.3, 0.4) is 0 Å². The first-order chi connectivity index (χ1) is 12.0. The maximum absolute atomic E-state index is 12.5. The largest absolute Gasteiger partial charge is 0.496 e. The smallest absolute Gasteiger partial charge is 0.318 e. The lowest BCUT2D eigenvalue weighted by molar-refractivity contribution is 0.100. The Morgan fingerprint density at radius 2 is 2.00 bits per heavy atom. The Labute approximate surface area is 146 Å². The summed E-state index contributed by atoms with van der Waals surface area (Å²) in [7, 11) is 5.07. The van der Waals surface area contributed by atoms with Crippen LogP contribution in [0.4, 0.5) is 4.79 Å². The van der Waals surface area contributed by atoms with Gasteiger partial charge in [-0.2, -0.15) is 0 Å². The second-order valence-corrected chi connectivity index (χ2v) is 6.10. The molecule has 3 rings (SSSR count). The van der Waals surface area contributed by atoms with E-state index in [4.69, 9.17) is 9.47 Å².